The largest absolute Gasteiger partial charge is 0.279 e. The highest BCUT2D eigenvalue weighted by atomic mass is 19.3. The van der Waals surface area contributed by atoms with Crippen molar-refractivity contribution < 1.29 is 18.0 Å². The summed E-state index contributed by atoms with van der Waals surface area (Å²) >= 11 is 0. The van der Waals surface area contributed by atoms with Gasteiger partial charge in [-0.3, -0.25) is 9.36 Å². The van der Waals surface area contributed by atoms with E-state index in [0.717, 1.165) is 0 Å². The van der Waals surface area contributed by atoms with Crippen LogP contribution in [0.25, 0.3) is 22.2 Å². The van der Waals surface area contributed by atoms with Crippen molar-refractivity contribution in [1.82, 2.24) is 4.57 Å². The maximum Gasteiger partial charge on any atom is 0.267 e. The van der Waals surface area contributed by atoms with Crippen LogP contribution in [0.5, 0.6) is 0 Å². The molecule has 120 valence electrons. The summed E-state index contributed by atoms with van der Waals surface area (Å²) in [5.74, 6) is -0.894. The van der Waals surface area contributed by atoms with Gasteiger partial charge in [-0.15, -0.1) is 0 Å². The van der Waals surface area contributed by atoms with E-state index in [0.29, 0.717) is 33.8 Å². The number of allylic oxidation sites excluding steroid dienone is 1. The van der Waals surface area contributed by atoms with Crippen molar-refractivity contribution in [2.45, 2.75) is 12.3 Å². The number of halogens is 3. The summed E-state index contributed by atoms with van der Waals surface area (Å²) in [4.78, 5) is 13.1. The van der Waals surface area contributed by atoms with Crippen LogP contribution in [-0.2, 0) is 5.41 Å². The maximum atomic E-state index is 13.5. The van der Waals surface area contributed by atoms with E-state index in [1.54, 1.807) is 30.3 Å². The van der Waals surface area contributed by atoms with Gasteiger partial charge in [0, 0.05) is 17.0 Å². The van der Waals surface area contributed by atoms with Crippen LogP contribution < -0.4 is 0 Å². The molecule has 4 rings (SSSR count). The molecule has 0 saturated heterocycles. The minimum Gasteiger partial charge on any atom is -0.279 e. The number of hydrogen-bond acceptors (Lipinski definition) is 1. The number of benzene rings is 2. The van der Waals surface area contributed by atoms with Gasteiger partial charge in [-0.2, -0.15) is 8.78 Å². The van der Waals surface area contributed by atoms with Gasteiger partial charge >= 0.3 is 0 Å². The normalized spacial score (nSPS) is 19.1. The maximum absolute atomic E-state index is 13.5. The molecule has 5 heteroatoms. The zero-order chi connectivity index (χ0) is 17.1. The highest BCUT2D eigenvalue weighted by Gasteiger charge is 2.42. The second kappa shape index (κ2) is 4.84. The standard InChI is InChI=1S/C19H12F3NO/c1-19(10-17(21)22)14-5-3-2-4-13(14)16-9-11-8-12(20)6-7-15(11)23(16)18(19)24/h2-10H,1H3. The van der Waals surface area contributed by atoms with E-state index in [4.69, 9.17) is 0 Å². The van der Waals surface area contributed by atoms with Gasteiger partial charge in [0.2, 0.25) is 5.91 Å². The molecule has 0 radical (unpaired) electrons. The van der Waals surface area contributed by atoms with E-state index in [9.17, 15) is 18.0 Å². The minimum atomic E-state index is -1.91. The number of rotatable bonds is 1. The van der Waals surface area contributed by atoms with Crippen molar-refractivity contribution in [3.05, 3.63) is 72.1 Å². The van der Waals surface area contributed by atoms with Crippen molar-refractivity contribution in [3.63, 3.8) is 0 Å². The first kappa shape index (κ1) is 14.8. The third-order valence-corrected chi connectivity index (χ3v) is 4.57. The van der Waals surface area contributed by atoms with E-state index in [-0.39, 0.29) is 0 Å². The third kappa shape index (κ3) is 1.87. The molecule has 0 amide bonds. The van der Waals surface area contributed by atoms with Crippen molar-refractivity contribution >= 4 is 16.8 Å². The van der Waals surface area contributed by atoms with Crippen LogP contribution in [0.4, 0.5) is 13.2 Å². The lowest BCUT2D eigenvalue weighted by Crippen LogP contribution is -2.39. The average molecular weight is 327 g/mol. The Kier molecular flexibility index (Phi) is 2.97. The fourth-order valence-electron chi connectivity index (χ4n) is 3.47. The molecule has 0 saturated carbocycles. The van der Waals surface area contributed by atoms with Crippen LogP contribution in [0.2, 0.25) is 0 Å². The van der Waals surface area contributed by atoms with Gasteiger partial charge in [0.1, 0.15) is 5.82 Å². The van der Waals surface area contributed by atoms with Crippen LogP contribution in [0.15, 0.2) is 60.7 Å². The molecule has 24 heavy (non-hydrogen) atoms. The number of nitrogens with zero attached hydrogens (tertiary/aromatic N) is 1. The Morgan fingerprint density at radius 3 is 2.62 bits per heavy atom. The lowest BCUT2D eigenvalue weighted by Gasteiger charge is -2.33. The highest BCUT2D eigenvalue weighted by molar-refractivity contribution is 6.07. The first-order chi connectivity index (χ1) is 11.4. The molecule has 1 aliphatic rings. The summed E-state index contributed by atoms with van der Waals surface area (Å²) in [6.45, 7) is 1.48. The number of carbonyl (C=O) groups is 1. The summed E-state index contributed by atoms with van der Waals surface area (Å²) in [6, 6.07) is 12.8. The molecule has 0 bridgehead atoms. The Hall–Kier alpha value is -2.82. The quantitative estimate of drug-likeness (QED) is 0.606. The minimum absolute atomic E-state index is 0.413. The molecule has 0 aliphatic carbocycles. The van der Waals surface area contributed by atoms with Crippen LogP contribution in [0.1, 0.15) is 17.3 Å². The number of carbonyl (C=O) groups excluding carboxylic acids is 1. The van der Waals surface area contributed by atoms with Crippen LogP contribution in [-0.4, -0.2) is 10.5 Å². The second-order valence-corrected chi connectivity index (χ2v) is 6.06. The van der Waals surface area contributed by atoms with Crippen LogP contribution in [0.3, 0.4) is 0 Å². The Bertz CT molecular complexity index is 1030. The zero-order valence-electron chi connectivity index (χ0n) is 12.7. The second-order valence-electron chi connectivity index (χ2n) is 6.06. The molecule has 2 heterocycles. The van der Waals surface area contributed by atoms with Crippen LogP contribution in [0, 0.1) is 5.82 Å². The average Bonchev–Trinajstić information content (AvgIpc) is 2.91. The first-order valence-electron chi connectivity index (χ1n) is 7.41. The van der Waals surface area contributed by atoms with Gasteiger partial charge in [0.25, 0.3) is 6.08 Å². The summed E-state index contributed by atoms with van der Waals surface area (Å²) < 4.78 is 41.0. The zero-order valence-corrected chi connectivity index (χ0v) is 12.7. The molecular formula is C19H12F3NO. The van der Waals surface area contributed by atoms with Gasteiger partial charge < -0.3 is 0 Å². The van der Waals surface area contributed by atoms with Gasteiger partial charge in [-0.25, -0.2) is 4.39 Å². The monoisotopic (exact) mass is 327 g/mol. The van der Waals surface area contributed by atoms with Gasteiger partial charge in [0.05, 0.1) is 16.6 Å². The molecule has 0 N–H and O–H groups in total. The number of hydrogen-bond donors (Lipinski definition) is 0. The fourth-order valence-corrected chi connectivity index (χ4v) is 3.47. The number of fused-ring (bicyclic) bond motifs is 5. The predicted molar refractivity (Wildman–Crippen MR) is 85.6 cm³/mol. The molecule has 1 atom stereocenters. The highest BCUT2D eigenvalue weighted by Crippen LogP contribution is 2.44. The molecule has 1 unspecified atom stereocenters. The Balaban J connectivity index is 2.14. The molecule has 0 spiro atoms. The summed E-state index contributed by atoms with van der Waals surface area (Å²) in [7, 11) is 0. The smallest absolute Gasteiger partial charge is 0.267 e. The van der Waals surface area contributed by atoms with E-state index in [1.807, 2.05) is 0 Å². The van der Waals surface area contributed by atoms with Gasteiger partial charge in [0.15, 0.2) is 0 Å². The molecule has 0 fully saturated rings. The Labute approximate surface area is 135 Å². The molecule has 1 aromatic heterocycles. The van der Waals surface area contributed by atoms with E-state index in [2.05, 4.69) is 0 Å². The molecule has 3 aromatic rings. The van der Waals surface area contributed by atoms with Crippen LogP contribution >= 0.6 is 0 Å². The van der Waals surface area contributed by atoms with Gasteiger partial charge in [-0.1, -0.05) is 24.3 Å². The van der Waals surface area contributed by atoms with E-state index >= 15 is 0 Å². The summed E-state index contributed by atoms with van der Waals surface area (Å²) in [5.41, 5.74) is 0.807. The van der Waals surface area contributed by atoms with Gasteiger partial charge in [-0.05, 0) is 36.8 Å². The van der Waals surface area contributed by atoms with Crippen molar-refractivity contribution in [2.75, 3.05) is 0 Å². The molecular weight excluding hydrogens is 315 g/mol. The Morgan fingerprint density at radius 1 is 1.12 bits per heavy atom. The van der Waals surface area contributed by atoms with Crippen molar-refractivity contribution in [1.29, 1.82) is 0 Å². The molecule has 2 nitrogen and oxygen atoms in total. The lowest BCUT2D eigenvalue weighted by atomic mass is 9.76. The predicted octanol–water partition coefficient (Wildman–Crippen LogP) is 5.14. The van der Waals surface area contributed by atoms with Crippen molar-refractivity contribution in [2.24, 2.45) is 0 Å². The summed E-state index contributed by atoms with van der Waals surface area (Å²) in [6.07, 6.45) is -1.22. The first-order valence-corrected chi connectivity index (χ1v) is 7.41. The van der Waals surface area contributed by atoms with Crippen molar-refractivity contribution in [3.8, 4) is 11.3 Å². The van der Waals surface area contributed by atoms with E-state index in [1.165, 1.54) is 29.7 Å². The summed E-state index contributed by atoms with van der Waals surface area (Å²) in [5, 5.41) is 0.558. The Morgan fingerprint density at radius 2 is 1.88 bits per heavy atom. The van der Waals surface area contributed by atoms with E-state index < -0.39 is 23.2 Å². The SMILES string of the molecule is CC1(C=C(F)F)C(=O)n2c(cc3cc(F)ccc32)-c2ccccc21. The molecule has 1 aliphatic heterocycles. The lowest BCUT2D eigenvalue weighted by molar-refractivity contribution is 0.0841. The third-order valence-electron chi connectivity index (χ3n) is 4.57. The number of aromatic nitrogens is 1. The topological polar surface area (TPSA) is 22.0 Å². The molecule has 2 aromatic carbocycles. The fraction of sp³-hybridized carbons (Fsp3) is 0.105.